The lowest BCUT2D eigenvalue weighted by Gasteiger charge is -2.22. The third-order valence-electron chi connectivity index (χ3n) is 3.73. The van der Waals surface area contributed by atoms with Gasteiger partial charge in [0.1, 0.15) is 6.33 Å². The summed E-state index contributed by atoms with van der Waals surface area (Å²) in [6.45, 7) is 5.31. The van der Waals surface area contributed by atoms with E-state index in [1.165, 1.54) is 19.2 Å². The molecule has 2 aromatic heterocycles. The monoisotopic (exact) mass is 307 g/mol. The zero-order valence-electron chi connectivity index (χ0n) is 13.5. The SMILES string of the molecule is CCCC(C)CN(C)c1ncnc2c1ncn2C[C@H](O)CO. The smallest absolute Gasteiger partial charge is 0.165 e. The van der Waals surface area contributed by atoms with Crippen molar-refractivity contribution in [3.8, 4) is 0 Å². The Balaban J connectivity index is 2.24. The van der Waals surface area contributed by atoms with Crippen LogP contribution in [0.25, 0.3) is 11.2 Å². The standard InChI is InChI=1S/C15H25N5O2/c1-4-5-11(2)6-19(3)14-13-15(17-9-16-14)20(10-18-13)7-12(22)8-21/h9-12,21-22H,4-8H2,1-3H3/t11?,12-/m0/s1. The van der Waals surface area contributed by atoms with Gasteiger partial charge in [-0.05, 0) is 12.3 Å². The van der Waals surface area contributed by atoms with Crippen molar-refractivity contribution in [2.24, 2.45) is 5.92 Å². The van der Waals surface area contributed by atoms with E-state index in [0.29, 0.717) is 11.6 Å². The molecule has 0 aliphatic heterocycles. The third kappa shape index (κ3) is 3.72. The highest BCUT2D eigenvalue weighted by Gasteiger charge is 2.16. The molecule has 0 radical (unpaired) electrons. The molecule has 2 aromatic rings. The molecular formula is C15H25N5O2. The van der Waals surface area contributed by atoms with Crippen molar-refractivity contribution in [1.82, 2.24) is 19.5 Å². The lowest BCUT2D eigenvalue weighted by atomic mass is 10.1. The first-order valence-electron chi connectivity index (χ1n) is 7.72. The predicted molar refractivity (Wildman–Crippen MR) is 85.8 cm³/mol. The van der Waals surface area contributed by atoms with Gasteiger partial charge in [0.05, 0.1) is 25.6 Å². The number of rotatable bonds is 8. The predicted octanol–water partition coefficient (Wildman–Crippen LogP) is 1.05. The van der Waals surface area contributed by atoms with Gasteiger partial charge in [-0.15, -0.1) is 0 Å². The van der Waals surface area contributed by atoms with Crippen molar-refractivity contribution < 1.29 is 10.2 Å². The molecule has 22 heavy (non-hydrogen) atoms. The van der Waals surface area contributed by atoms with E-state index in [9.17, 15) is 5.11 Å². The summed E-state index contributed by atoms with van der Waals surface area (Å²) in [5, 5.41) is 18.6. The molecule has 7 heteroatoms. The van der Waals surface area contributed by atoms with E-state index in [2.05, 4.69) is 33.7 Å². The number of aliphatic hydroxyl groups excluding tert-OH is 2. The fraction of sp³-hybridized carbons (Fsp3) is 0.667. The quantitative estimate of drug-likeness (QED) is 0.758. The van der Waals surface area contributed by atoms with Crippen molar-refractivity contribution in [2.75, 3.05) is 25.1 Å². The first-order chi connectivity index (χ1) is 10.6. The number of hydrogen-bond acceptors (Lipinski definition) is 6. The Morgan fingerprint density at radius 1 is 1.32 bits per heavy atom. The maximum absolute atomic E-state index is 9.59. The molecule has 2 rings (SSSR count). The van der Waals surface area contributed by atoms with Crippen LogP contribution in [0.1, 0.15) is 26.7 Å². The first kappa shape index (κ1) is 16.6. The fourth-order valence-corrected chi connectivity index (χ4v) is 2.70. The van der Waals surface area contributed by atoms with Crippen molar-refractivity contribution in [3.63, 3.8) is 0 Å². The molecule has 122 valence electrons. The van der Waals surface area contributed by atoms with Gasteiger partial charge < -0.3 is 19.7 Å². The van der Waals surface area contributed by atoms with E-state index in [4.69, 9.17) is 5.11 Å². The maximum Gasteiger partial charge on any atom is 0.165 e. The maximum atomic E-state index is 9.59. The van der Waals surface area contributed by atoms with E-state index in [-0.39, 0.29) is 13.2 Å². The van der Waals surface area contributed by atoms with Gasteiger partial charge in [0, 0.05) is 13.6 Å². The highest BCUT2D eigenvalue weighted by molar-refractivity contribution is 5.83. The summed E-state index contributed by atoms with van der Waals surface area (Å²) in [5.74, 6) is 1.38. The van der Waals surface area contributed by atoms with Crippen molar-refractivity contribution >= 4 is 17.0 Å². The molecule has 0 aromatic carbocycles. The number of fused-ring (bicyclic) bond motifs is 1. The summed E-state index contributed by atoms with van der Waals surface area (Å²) in [6.07, 6.45) is 4.67. The molecule has 0 aliphatic rings. The van der Waals surface area contributed by atoms with Gasteiger partial charge in [-0.25, -0.2) is 15.0 Å². The number of aliphatic hydroxyl groups is 2. The molecule has 0 fully saturated rings. The summed E-state index contributed by atoms with van der Waals surface area (Å²) in [6, 6.07) is 0. The number of aromatic nitrogens is 4. The molecular weight excluding hydrogens is 282 g/mol. The molecule has 0 saturated carbocycles. The van der Waals surface area contributed by atoms with E-state index in [1.54, 1.807) is 10.9 Å². The minimum absolute atomic E-state index is 0.263. The summed E-state index contributed by atoms with van der Waals surface area (Å²) >= 11 is 0. The highest BCUT2D eigenvalue weighted by atomic mass is 16.3. The largest absolute Gasteiger partial charge is 0.394 e. The van der Waals surface area contributed by atoms with Crippen molar-refractivity contribution in [2.45, 2.75) is 39.3 Å². The second-order valence-corrected chi connectivity index (χ2v) is 5.88. The van der Waals surface area contributed by atoms with Crippen LogP contribution in [-0.2, 0) is 6.54 Å². The van der Waals surface area contributed by atoms with Gasteiger partial charge in [-0.3, -0.25) is 0 Å². The lowest BCUT2D eigenvalue weighted by molar-refractivity contribution is 0.0820. The van der Waals surface area contributed by atoms with Gasteiger partial charge in [0.15, 0.2) is 17.0 Å². The molecule has 2 N–H and O–H groups in total. The summed E-state index contributed by atoms with van der Waals surface area (Å²) < 4.78 is 1.74. The van der Waals surface area contributed by atoms with Gasteiger partial charge in [0.2, 0.25) is 0 Å². The van der Waals surface area contributed by atoms with E-state index in [0.717, 1.165) is 17.9 Å². The van der Waals surface area contributed by atoms with E-state index < -0.39 is 6.10 Å². The summed E-state index contributed by atoms with van der Waals surface area (Å²) in [7, 11) is 2.01. The van der Waals surface area contributed by atoms with Crippen LogP contribution in [0, 0.1) is 5.92 Å². The van der Waals surface area contributed by atoms with Crippen LogP contribution in [0.5, 0.6) is 0 Å². The Labute approximate surface area is 130 Å². The number of anilines is 1. The van der Waals surface area contributed by atoms with Gasteiger partial charge in [0.25, 0.3) is 0 Å². The number of hydrogen-bond donors (Lipinski definition) is 2. The Hall–Kier alpha value is -1.73. The minimum atomic E-state index is -0.821. The second-order valence-electron chi connectivity index (χ2n) is 5.88. The van der Waals surface area contributed by atoms with Crippen LogP contribution in [0.2, 0.25) is 0 Å². The minimum Gasteiger partial charge on any atom is -0.394 e. The van der Waals surface area contributed by atoms with Gasteiger partial charge in [-0.2, -0.15) is 0 Å². The topological polar surface area (TPSA) is 87.3 Å². The molecule has 0 spiro atoms. The molecule has 0 amide bonds. The number of imidazole rings is 1. The lowest BCUT2D eigenvalue weighted by Crippen LogP contribution is -2.25. The van der Waals surface area contributed by atoms with Crippen LogP contribution < -0.4 is 4.90 Å². The molecule has 0 saturated heterocycles. The van der Waals surface area contributed by atoms with Crippen LogP contribution in [0.15, 0.2) is 12.7 Å². The summed E-state index contributed by atoms with van der Waals surface area (Å²) in [4.78, 5) is 15.1. The van der Waals surface area contributed by atoms with Crippen LogP contribution in [-0.4, -0.2) is 56.0 Å². The van der Waals surface area contributed by atoms with Crippen LogP contribution >= 0.6 is 0 Å². The first-order valence-corrected chi connectivity index (χ1v) is 7.72. The zero-order chi connectivity index (χ0) is 16.1. The van der Waals surface area contributed by atoms with Crippen molar-refractivity contribution in [1.29, 1.82) is 0 Å². The van der Waals surface area contributed by atoms with Gasteiger partial charge in [-0.1, -0.05) is 20.3 Å². The van der Waals surface area contributed by atoms with Crippen LogP contribution in [0.3, 0.4) is 0 Å². The Kier molecular flexibility index (Phi) is 5.68. The third-order valence-corrected chi connectivity index (χ3v) is 3.73. The van der Waals surface area contributed by atoms with Gasteiger partial charge >= 0.3 is 0 Å². The van der Waals surface area contributed by atoms with Crippen molar-refractivity contribution in [3.05, 3.63) is 12.7 Å². The average molecular weight is 307 g/mol. The van der Waals surface area contributed by atoms with E-state index in [1.807, 2.05) is 7.05 Å². The molecule has 1 unspecified atom stereocenters. The van der Waals surface area contributed by atoms with E-state index >= 15 is 0 Å². The highest BCUT2D eigenvalue weighted by Crippen LogP contribution is 2.22. The normalized spacial score (nSPS) is 14.2. The molecule has 2 heterocycles. The van der Waals surface area contributed by atoms with Crippen LogP contribution in [0.4, 0.5) is 5.82 Å². The second kappa shape index (κ2) is 7.51. The summed E-state index contributed by atoms with van der Waals surface area (Å²) in [5.41, 5.74) is 1.39. The molecule has 0 aliphatic carbocycles. The fourth-order valence-electron chi connectivity index (χ4n) is 2.70. The molecule has 2 atom stereocenters. The Bertz CT molecular complexity index is 601. The zero-order valence-corrected chi connectivity index (χ0v) is 13.5. The number of nitrogens with zero attached hydrogens (tertiary/aromatic N) is 5. The average Bonchev–Trinajstić information content (AvgIpc) is 2.90. The molecule has 7 nitrogen and oxygen atoms in total. The Morgan fingerprint density at radius 3 is 2.77 bits per heavy atom. The Morgan fingerprint density at radius 2 is 2.09 bits per heavy atom. The molecule has 0 bridgehead atoms.